The second-order valence-electron chi connectivity index (χ2n) is 5.39. The van der Waals surface area contributed by atoms with Gasteiger partial charge < -0.3 is 5.32 Å². The van der Waals surface area contributed by atoms with E-state index in [1.54, 1.807) is 0 Å². The van der Waals surface area contributed by atoms with Gasteiger partial charge in [0.15, 0.2) is 0 Å². The third-order valence-corrected chi connectivity index (χ3v) is 4.04. The first-order chi connectivity index (χ1) is 8.54. The second-order valence-corrected chi connectivity index (χ2v) is 6.38. The molecule has 0 saturated carbocycles. The maximum Gasteiger partial charge on any atom is 0.0294 e. The van der Waals surface area contributed by atoms with E-state index in [2.05, 4.69) is 63.5 Å². The zero-order valence-electron chi connectivity index (χ0n) is 12.4. The van der Waals surface area contributed by atoms with E-state index in [0.717, 1.165) is 0 Å². The Morgan fingerprint density at radius 2 is 1.56 bits per heavy atom. The highest BCUT2D eigenvalue weighted by molar-refractivity contribution is 7.98. The van der Waals surface area contributed by atoms with Crippen molar-refractivity contribution < 1.29 is 0 Å². The van der Waals surface area contributed by atoms with E-state index in [1.165, 1.54) is 23.3 Å². The minimum absolute atomic E-state index is 0.433. The molecule has 2 unspecified atom stereocenters. The fourth-order valence-corrected chi connectivity index (χ4v) is 2.66. The summed E-state index contributed by atoms with van der Waals surface area (Å²) in [5, 5.41) is 3.67. The molecule has 0 saturated heterocycles. The molecule has 1 aromatic carbocycles. The average molecular weight is 265 g/mol. The van der Waals surface area contributed by atoms with Gasteiger partial charge in [0.05, 0.1) is 0 Å². The van der Waals surface area contributed by atoms with Crippen LogP contribution in [-0.2, 0) is 0 Å². The summed E-state index contributed by atoms with van der Waals surface area (Å²) in [6, 6.07) is 10.0. The minimum atomic E-state index is 0.433. The highest BCUT2D eigenvalue weighted by Gasteiger charge is 2.09. The number of rotatable bonds is 7. The summed E-state index contributed by atoms with van der Waals surface area (Å²) in [5.41, 5.74) is 2.80. The van der Waals surface area contributed by atoms with E-state index in [1.807, 2.05) is 11.8 Å². The fraction of sp³-hybridized carbons (Fsp3) is 0.625. The number of hydrogen-bond acceptors (Lipinski definition) is 2. The van der Waals surface area contributed by atoms with Gasteiger partial charge >= 0.3 is 0 Å². The number of benzene rings is 1. The molecule has 1 aromatic rings. The predicted octanol–water partition coefficient (Wildman–Crippen LogP) is 4.60. The smallest absolute Gasteiger partial charge is 0.0294 e. The maximum absolute atomic E-state index is 3.67. The normalized spacial score (nSPS) is 14.8. The summed E-state index contributed by atoms with van der Waals surface area (Å²) in [5.74, 6) is 1.84. The Hall–Kier alpha value is -0.470. The van der Waals surface area contributed by atoms with Crippen LogP contribution in [0.25, 0.3) is 0 Å². The Kier molecular flexibility index (Phi) is 6.80. The van der Waals surface area contributed by atoms with Crippen molar-refractivity contribution in [1.82, 2.24) is 5.32 Å². The molecule has 1 rings (SSSR count). The van der Waals surface area contributed by atoms with Crippen molar-refractivity contribution in [2.45, 2.75) is 52.1 Å². The van der Waals surface area contributed by atoms with Gasteiger partial charge in [-0.15, -0.1) is 0 Å². The first-order valence-electron chi connectivity index (χ1n) is 6.89. The quantitative estimate of drug-likeness (QED) is 0.773. The molecule has 1 N–H and O–H groups in total. The maximum atomic E-state index is 3.67. The van der Waals surface area contributed by atoms with Crippen LogP contribution in [0.3, 0.4) is 0 Å². The van der Waals surface area contributed by atoms with Crippen LogP contribution in [0.5, 0.6) is 0 Å². The molecule has 0 radical (unpaired) electrons. The van der Waals surface area contributed by atoms with Crippen LogP contribution in [0.4, 0.5) is 0 Å². The lowest BCUT2D eigenvalue weighted by atomic mass is 9.99. The van der Waals surface area contributed by atoms with Gasteiger partial charge in [0.1, 0.15) is 0 Å². The van der Waals surface area contributed by atoms with Gasteiger partial charge in [-0.05, 0) is 49.3 Å². The highest BCUT2D eigenvalue weighted by Crippen LogP contribution is 2.19. The lowest BCUT2D eigenvalue weighted by Gasteiger charge is -2.20. The summed E-state index contributed by atoms with van der Waals surface area (Å²) in [6.45, 7) is 9.00. The summed E-state index contributed by atoms with van der Waals surface area (Å²) < 4.78 is 0. The Balaban J connectivity index is 2.53. The molecule has 0 amide bonds. The van der Waals surface area contributed by atoms with Gasteiger partial charge in [-0.1, -0.05) is 38.1 Å². The predicted molar refractivity (Wildman–Crippen MR) is 84.5 cm³/mol. The van der Waals surface area contributed by atoms with E-state index in [9.17, 15) is 0 Å². The molecule has 0 fully saturated rings. The standard InChI is InChI=1S/C16H27NS/c1-12(2)15-6-8-16(9-7-15)14(4)17-13(3)10-11-18-5/h6-9,12-14,17H,10-11H2,1-5H3. The van der Waals surface area contributed by atoms with E-state index in [-0.39, 0.29) is 0 Å². The molecule has 102 valence electrons. The van der Waals surface area contributed by atoms with E-state index >= 15 is 0 Å². The largest absolute Gasteiger partial charge is 0.308 e. The Morgan fingerprint density at radius 3 is 2.06 bits per heavy atom. The van der Waals surface area contributed by atoms with Crippen molar-refractivity contribution in [1.29, 1.82) is 0 Å². The van der Waals surface area contributed by atoms with Gasteiger partial charge in [0.2, 0.25) is 0 Å². The fourth-order valence-electron chi connectivity index (χ4n) is 2.07. The summed E-state index contributed by atoms with van der Waals surface area (Å²) in [6.07, 6.45) is 3.40. The Morgan fingerprint density at radius 1 is 1.00 bits per heavy atom. The van der Waals surface area contributed by atoms with Crippen LogP contribution in [-0.4, -0.2) is 18.1 Å². The first-order valence-corrected chi connectivity index (χ1v) is 8.28. The highest BCUT2D eigenvalue weighted by atomic mass is 32.2. The van der Waals surface area contributed by atoms with Crippen molar-refractivity contribution in [3.05, 3.63) is 35.4 Å². The monoisotopic (exact) mass is 265 g/mol. The summed E-state index contributed by atoms with van der Waals surface area (Å²) in [7, 11) is 0. The number of thioether (sulfide) groups is 1. The molecule has 18 heavy (non-hydrogen) atoms. The van der Waals surface area contributed by atoms with Gasteiger partial charge in [0, 0.05) is 12.1 Å². The van der Waals surface area contributed by atoms with Crippen molar-refractivity contribution >= 4 is 11.8 Å². The molecule has 0 aliphatic rings. The molecule has 2 heteroatoms. The average Bonchev–Trinajstić information content (AvgIpc) is 2.36. The van der Waals surface area contributed by atoms with Crippen LogP contribution < -0.4 is 5.32 Å². The minimum Gasteiger partial charge on any atom is -0.308 e. The molecule has 0 aromatic heterocycles. The van der Waals surface area contributed by atoms with E-state index < -0.39 is 0 Å². The van der Waals surface area contributed by atoms with Gasteiger partial charge in [-0.25, -0.2) is 0 Å². The van der Waals surface area contributed by atoms with E-state index in [0.29, 0.717) is 18.0 Å². The molecule has 0 aliphatic carbocycles. The lowest BCUT2D eigenvalue weighted by molar-refractivity contribution is 0.471. The Bertz CT molecular complexity index is 331. The molecule has 0 spiro atoms. The van der Waals surface area contributed by atoms with Gasteiger partial charge in [0.25, 0.3) is 0 Å². The van der Waals surface area contributed by atoms with Crippen LogP contribution in [0.1, 0.15) is 57.2 Å². The SMILES string of the molecule is CSCCC(C)NC(C)c1ccc(C(C)C)cc1. The molecule has 2 atom stereocenters. The van der Waals surface area contributed by atoms with Crippen molar-refractivity contribution in [3.63, 3.8) is 0 Å². The zero-order valence-corrected chi connectivity index (χ0v) is 13.2. The Labute approximate surface area is 117 Å². The molecule has 1 nitrogen and oxygen atoms in total. The molecular formula is C16H27NS. The van der Waals surface area contributed by atoms with E-state index in [4.69, 9.17) is 0 Å². The van der Waals surface area contributed by atoms with Crippen LogP contribution in [0, 0.1) is 0 Å². The molecule has 0 bridgehead atoms. The van der Waals surface area contributed by atoms with Crippen molar-refractivity contribution in [2.24, 2.45) is 0 Å². The number of hydrogen-bond donors (Lipinski definition) is 1. The summed E-state index contributed by atoms with van der Waals surface area (Å²) in [4.78, 5) is 0. The molecule has 0 aliphatic heterocycles. The van der Waals surface area contributed by atoms with Gasteiger partial charge in [-0.3, -0.25) is 0 Å². The first kappa shape index (κ1) is 15.6. The zero-order chi connectivity index (χ0) is 13.5. The third kappa shape index (κ3) is 5.03. The third-order valence-electron chi connectivity index (χ3n) is 3.39. The van der Waals surface area contributed by atoms with Crippen LogP contribution >= 0.6 is 11.8 Å². The van der Waals surface area contributed by atoms with Crippen LogP contribution in [0.15, 0.2) is 24.3 Å². The van der Waals surface area contributed by atoms with Crippen molar-refractivity contribution in [2.75, 3.05) is 12.0 Å². The molecule has 0 heterocycles. The molecular weight excluding hydrogens is 238 g/mol. The second kappa shape index (κ2) is 7.85. The van der Waals surface area contributed by atoms with Gasteiger partial charge in [-0.2, -0.15) is 11.8 Å². The lowest BCUT2D eigenvalue weighted by Crippen LogP contribution is -2.29. The summed E-state index contributed by atoms with van der Waals surface area (Å²) >= 11 is 1.92. The van der Waals surface area contributed by atoms with Crippen LogP contribution in [0.2, 0.25) is 0 Å². The number of nitrogens with one attached hydrogen (secondary N) is 1. The van der Waals surface area contributed by atoms with Crippen molar-refractivity contribution in [3.8, 4) is 0 Å². The topological polar surface area (TPSA) is 12.0 Å².